The zero-order chi connectivity index (χ0) is 12.8. The second-order valence-electron chi connectivity index (χ2n) is 5.29. The molecule has 0 amide bonds. The zero-order valence-electron chi connectivity index (χ0n) is 11.8. The third-order valence-corrected chi connectivity index (χ3v) is 3.82. The van der Waals surface area contributed by atoms with Crippen molar-refractivity contribution in [2.24, 2.45) is 5.92 Å². The van der Waals surface area contributed by atoms with Gasteiger partial charge >= 0.3 is 0 Å². The second kappa shape index (κ2) is 6.79. The van der Waals surface area contributed by atoms with E-state index in [4.69, 9.17) is 0 Å². The predicted molar refractivity (Wildman–Crippen MR) is 79.3 cm³/mol. The van der Waals surface area contributed by atoms with Crippen LogP contribution >= 0.6 is 0 Å². The third kappa shape index (κ3) is 3.26. The van der Waals surface area contributed by atoms with Crippen molar-refractivity contribution in [3.05, 3.63) is 29.8 Å². The number of nitrogens with zero attached hydrogens (tertiary/aromatic N) is 1. The first-order valence-electron chi connectivity index (χ1n) is 7.38. The van der Waals surface area contributed by atoms with Crippen molar-refractivity contribution in [1.29, 1.82) is 0 Å². The monoisotopic (exact) mass is 246 g/mol. The highest BCUT2D eigenvalue weighted by Gasteiger charge is 2.23. The zero-order valence-corrected chi connectivity index (χ0v) is 11.8. The Balaban J connectivity index is 2.00. The number of para-hydroxylation sites is 1. The lowest BCUT2D eigenvalue weighted by atomic mass is 10.1. The standard InChI is InChI=1S/C16H26N2/c1-3-7-15-8-5-6-9-16(15)18-11-10-14(13-18)12-17-4-2/h5-6,8-9,14,17H,3-4,7,10-13H2,1-2H3. The molecular weight excluding hydrogens is 220 g/mol. The first kappa shape index (κ1) is 13.4. The summed E-state index contributed by atoms with van der Waals surface area (Å²) in [5.41, 5.74) is 2.99. The maximum Gasteiger partial charge on any atom is 0.0398 e. The van der Waals surface area contributed by atoms with E-state index < -0.39 is 0 Å². The second-order valence-corrected chi connectivity index (χ2v) is 5.29. The van der Waals surface area contributed by atoms with Crippen LogP contribution in [-0.2, 0) is 6.42 Å². The Bertz CT molecular complexity index is 362. The first-order valence-corrected chi connectivity index (χ1v) is 7.38. The molecule has 1 heterocycles. The Morgan fingerprint density at radius 3 is 2.89 bits per heavy atom. The summed E-state index contributed by atoms with van der Waals surface area (Å²) in [6.45, 7) is 9.13. The molecule has 1 atom stereocenters. The molecule has 0 aromatic heterocycles. The van der Waals surface area contributed by atoms with Gasteiger partial charge in [0.05, 0.1) is 0 Å². The summed E-state index contributed by atoms with van der Waals surface area (Å²) < 4.78 is 0. The summed E-state index contributed by atoms with van der Waals surface area (Å²) in [6.07, 6.45) is 3.75. The van der Waals surface area contributed by atoms with Crippen LogP contribution in [0.15, 0.2) is 24.3 Å². The van der Waals surface area contributed by atoms with Gasteiger partial charge in [-0.3, -0.25) is 0 Å². The lowest BCUT2D eigenvalue weighted by Gasteiger charge is -2.22. The molecule has 0 aliphatic carbocycles. The van der Waals surface area contributed by atoms with E-state index in [0.717, 1.165) is 12.5 Å². The summed E-state index contributed by atoms with van der Waals surface area (Å²) >= 11 is 0. The van der Waals surface area contributed by atoms with Crippen molar-refractivity contribution < 1.29 is 0 Å². The molecule has 2 rings (SSSR count). The molecule has 100 valence electrons. The summed E-state index contributed by atoms with van der Waals surface area (Å²) in [5.74, 6) is 0.819. The predicted octanol–water partition coefficient (Wildman–Crippen LogP) is 3.07. The maximum absolute atomic E-state index is 3.48. The van der Waals surface area contributed by atoms with Crippen LogP contribution < -0.4 is 10.2 Å². The summed E-state index contributed by atoms with van der Waals surface area (Å²) in [6, 6.07) is 8.92. The normalized spacial score (nSPS) is 19.4. The van der Waals surface area contributed by atoms with Crippen LogP contribution in [0, 0.1) is 5.92 Å². The number of rotatable bonds is 6. The maximum atomic E-state index is 3.48. The van der Waals surface area contributed by atoms with Crippen LogP contribution in [0.25, 0.3) is 0 Å². The Kier molecular flexibility index (Phi) is 5.06. The van der Waals surface area contributed by atoms with Gasteiger partial charge in [-0.1, -0.05) is 38.5 Å². The SMILES string of the molecule is CCCc1ccccc1N1CCC(CNCC)C1. The van der Waals surface area contributed by atoms with Crippen molar-refractivity contribution in [2.75, 3.05) is 31.1 Å². The molecule has 2 heteroatoms. The van der Waals surface area contributed by atoms with Crippen molar-refractivity contribution >= 4 is 5.69 Å². The van der Waals surface area contributed by atoms with Crippen molar-refractivity contribution in [2.45, 2.75) is 33.1 Å². The van der Waals surface area contributed by atoms with E-state index in [9.17, 15) is 0 Å². The van der Waals surface area contributed by atoms with Gasteiger partial charge in [0.2, 0.25) is 0 Å². The van der Waals surface area contributed by atoms with Crippen LogP contribution in [0.4, 0.5) is 5.69 Å². The van der Waals surface area contributed by atoms with E-state index in [0.29, 0.717) is 0 Å². The van der Waals surface area contributed by atoms with Crippen molar-refractivity contribution in [3.63, 3.8) is 0 Å². The Morgan fingerprint density at radius 2 is 2.11 bits per heavy atom. The van der Waals surface area contributed by atoms with Gasteiger partial charge in [0.15, 0.2) is 0 Å². The Morgan fingerprint density at radius 1 is 1.28 bits per heavy atom. The minimum absolute atomic E-state index is 0.819. The van der Waals surface area contributed by atoms with Gasteiger partial charge in [0.1, 0.15) is 0 Å². The molecule has 0 radical (unpaired) electrons. The highest BCUT2D eigenvalue weighted by molar-refractivity contribution is 5.54. The molecule has 1 aliphatic rings. The van der Waals surface area contributed by atoms with Gasteiger partial charge in [0, 0.05) is 18.8 Å². The van der Waals surface area contributed by atoms with E-state index in [1.807, 2.05) is 0 Å². The minimum atomic E-state index is 0.819. The van der Waals surface area contributed by atoms with Gasteiger partial charge in [-0.2, -0.15) is 0 Å². The van der Waals surface area contributed by atoms with E-state index in [-0.39, 0.29) is 0 Å². The smallest absolute Gasteiger partial charge is 0.0398 e. The van der Waals surface area contributed by atoms with Gasteiger partial charge in [-0.25, -0.2) is 0 Å². The van der Waals surface area contributed by atoms with Crippen LogP contribution in [0.2, 0.25) is 0 Å². The van der Waals surface area contributed by atoms with E-state index in [1.54, 1.807) is 0 Å². The molecule has 1 aromatic carbocycles. The average Bonchev–Trinajstić information content (AvgIpc) is 2.86. The van der Waals surface area contributed by atoms with Gasteiger partial charge < -0.3 is 10.2 Å². The number of hydrogen-bond donors (Lipinski definition) is 1. The van der Waals surface area contributed by atoms with Gasteiger partial charge in [-0.05, 0) is 43.5 Å². The average molecular weight is 246 g/mol. The first-order chi connectivity index (χ1) is 8.85. The van der Waals surface area contributed by atoms with E-state index in [1.165, 1.54) is 50.1 Å². The van der Waals surface area contributed by atoms with E-state index in [2.05, 4.69) is 48.3 Å². The highest BCUT2D eigenvalue weighted by atomic mass is 15.2. The lowest BCUT2D eigenvalue weighted by Crippen LogP contribution is -2.26. The summed E-state index contributed by atoms with van der Waals surface area (Å²) in [5, 5.41) is 3.48. The number of nitrogens with one attached hydrogen (secondary N) is 1. The fourth-order valence-electron chi connectivity index (χ4n) is 2.87. The molecule has 0 spiro atoms. The fraction of sp³-hybridized carbons (Fsp3) is 0.625. The number of anilines is 1. The lowest BCUT2D eigenvalue weighted by molar-refractivity contribution is 0.527. The Hall–Kier alpha value is -1.02. The van der Waals surface area contributed by atoms with Crippen LogP contribution in [-0.4, -0.2) is 26.2 Å². The molecule has 1 unspecified atom stereocenters. The van der Waals surface area contributed by atoms with E-state index >= 15 is 0 Å². The molecule has 18 heavy (non-hydrogen) atoms. The largest absolute Gasteiger partial charge is 0.371 e. The molecule has 0 bridgehead atoms. The third-order valence-electron chi connectivity index (χ3n) is 3.82. The van der Waals surface area contributed by atoms with Gasteiger partial charge in [0.25, 0.3) is 0 Å². The van der Waals surface area contributed by atoms with Crippen molar-refractivity contribution in [3.8, 4) is 0 Å². The van der Waals surface area contributed by atoms with Gasteiger partial charge in [-0.15, -0.1) is 0 Å². The quantitative estimate of drug-likeness (QED) is 0.830. The molecule has 1 aliphatic heterocycles. The Labute approximate surface area is 111 Å². The number of benzene rings is 1. The molecule has 1 saturated heterocycles. The molecule has 1 fully saturated rings. The molecule has 1 N–H and O–H groups in total. The molecule has 1 aromatic rings. The molecule has 2 nitrogen and oxygen atoms in total. The highest BCUT2D eigenvalue weighted by Crippen LogP contribution is 2.27. The summed E-state index contributed by atoms with van der Waals surface area (Å²) in [7, 11) is 0. The van der Waals surface area contributed by atoms with Crippen LogP contribution in [0.3, 0.4) is 0 Å². The summed E-state index contributed by atoms with van der Waals surface area (Å²) in [4.78, 5) is 2.58. The fourth-order valence-corrected chi connectivity index (χ4v) is 2.87. The topological polar surface area (TPSA) is 15.3 Å². The minimum Gasteiger partial charge on any atom is -0.371 e. The van der Waals surface area contributed by atoms with Crippen molar-refractivity contribution in [1.82, 2.24) is 5.32 Å². The number of hydrogen-bond acceptors (Lipinski definition) is 2. The van der Waals surface area contributed by atoms with Crippen LogP contribution in [0.5, 0.6) is 0 Å². The molecular formula is C16H26N2. The molecule has 0 saturated carbocycles. The van der Waals surface area contributed by atoms with Crippen LogP contribution in [0.1, 0.15) is 32.3 Å². The number of aryl methyl sites for hydroxylation is 1.